The van der Waals surface area contributed by atoms with E-state index >= 15 is 0 Å². The van der Waals surface area contributed by atoms with Gasteiger partial charge in [0.2, 0.25) is 17.8 Å². The van der Waals surface area contributed by atoms with Gasteiger partial charge in [-0.15, -0.1) is 0 Å². The van der Waals surface area contributed by atoms with Crippen LogP contribution in [0.5, 0.6) is 0 Å². The van der Waals surface area contributed by atoms with Crippen LogP contribution < -0.4 is 16.0 Å². The van der Waals surface area contributed by atoms with E-state index in [0.29, 0.717) is 122 Å². The summed E-state index contributed by atoms with van der Waals surface area (Å²) >= 11 is 0. The normalized spacial score (nSPS) is 11.5. The van der Waals surface area contributed by atoms with Gasteiger partial charge in [-0.05, 0) is 64.5 Å². The molecule has 0 amide bonds. The molecule has 0 saturated carbocycles. The maximum Gasteiger partial charge on any atom is 0.307 e. The van der Waals surface area contributed by atoms with E-state index in [1.165, 1.54) is 308 Å². The lowest BCUT2D eigenvalue weighted by molar-refractivity contribution is -0.146. The minimum atomic E-state index is -0.203. The number of ether oxygens (including phenoxy) is 4. The summed E-state index contributed by atoms with van der Waals surface area (Å²) < 4.78 is 22.9. The number of aromatic nitrogens is 3. The molecule has 0 bridgehead atoms. The quantitative estimate of drug-likeness (QED) is 0.0272. The average Bonchev–Trinajstić information content (AvgIpc) is 0.870. The summed E-state index contributed by atoms with van der Waals surface area (Å²) in [6, 6.07) is 0. The summed E-state index contributed by atoms with van der Waals surface area (Å²) in [6.07, 6.45) is 75.5. The lowest BCUT2D eigenvalue weighted by Gasteiger charge is -2.22. The Hall–Kier alpha value is -3.83. The second-order valence-electron chi connectivity index (χ2n) is 31.2. The number of carbonyl (C=O) groups excluding carboxylic acids is 4. The molecule has 0 atom stereocenters. The van der Waals surface area contributed by atoms with Gasteiger partial charge in [0.1, 0.15) is 0 Å². The SMILES string of the molecule is CCCCCCCCCCCCCCCCOC(=O)CCN(CCCNc1nc(NCCCCO)nc(NCCCN(CCC(=O)OCCCCCCCCCCCCCCCC)CCC(=O)OCCCCCCCCCCCCCCCC)n1)CCC(=O)OCCCCCCCCCCCCCCCC. The Bertz CT molecular complexity index is 1810. The predicted octanol–water partition coefficient (Wildman–Crippen LogP) is 23.9. The molecule has 17 heteroatoms. The molecule has 622 valence electrons. The van der Waals surface area contributed by atoms with E-state index in [1.54, 1.807) is 0 Å². The van der Waals surface area contributed by atoms with Crippen LogP contribution in [0.4, 0.5) is 17.8 Å². The second-order valence-corrected chi connectivity index (χ2v) is 31.2. The van der Waals surface area contributed by atoms with Crippen molar-refractivity contribution in [2.24, 2.45) is 0 Å². The maximum atomic E-state index is 13.1. The van der Waals surface area contributed by atoms with Crippen LogP contribution in [0.2, 0.25) is 0 Å². The standard InChI is InChI=1S/C89H172N8O9/c1-5-9-13-17-21-25-29-33-37-41-45-49-53-59-79-103-83(99)65-74-96(75-66-84(100)104-80-60-54-50-46-42-38-34-30-26-22-18-14-10-6-2)72-63-70-91-88-93-87(90-69-57-58-78-98)94-89(95-88)92-71-64-73-97(76-67-85(101)105-81-61-55-51-47-43-39-35-31-27-23-19-15-11-7-3)77-68-86(102)106-82-62-56-52-48-44-40-36-32-28-24-20-16-12-8-4/h98H,5-82H2,1-4H3,(H3,90,91,92,93,94,95). The van der Waals surface area contributed by atoms with Crippen molar-refractivity contribution in [1.29, 1.82) is 0 Å². The summed E-state index contributed by atoms with van der Waals surface area (Å²) in [5.74, 6) is 0.431. The average molecular weight is 1500 g/mol. The van der Waals surface area contributed by atoms with Crippen LogP contribution in [0.3, 0.4) is 0 Å². The number of hydrogen-bond donors (Lipinski definition) is 4. The molecule has 0 saturated heterocycles. The van der Waals surface area contributed by atoms with Crippen molar-refractivity contribution in [1.82, 2.24) is 24.8 Å². The van der Waals surface area contributed by atoms with E-state index in [9.17, 15) is 24.3 Å². The molecule has 0 aromatic carbocycles. The van der Waals surface area contributed by atoms with Gasteiger partial charge >= 0.3 is 23.9 Å². The molecule has 0 aliphatic heterocycles. The highest BCUT2D eigenvalue weighted by atomic mass is 16.5. The third-order valence-corrected chi connectivity index (χ3v) is 20.9. The molecule has 4 N–H and O–H groups in total. The monoisotopic (exact) mass is 1500 g/mol. The van der Waals surface area contributed by atoms with Gasteiger partial charge in [0.05, 0.1) is 52.1 Å². The second kappa shape index (κ2) is 82.1. The number of aliphatic hydroxyl groups is 1. The zero-order valence-electron chi connectivity index (χ0n) is 70.1. The van der Waals surface area contributed by atoms with E-state index in [-0.39, 0.29) is 56.2 Å². The summed E-state index contributed by atoms with van der Waals surface area (Å²) in [4.78, 5) is 70.9. The molecule has 0 fully saturated rings. The first-order valence-corrected chi connectivity index (χ1v) is 45.9. The Balaban J connectivity index is 2.87. The number of aliphatic hydroxyl groups excluding tert-OH is 1. The predicted molar refractivity (Wildman–Crippen MR) is 447 cm³/mol. The minimum absolute atomic E-state index is 0.107. The van der Waals surface area contributed by atoms with E-state index < -0.39 is 0 Å². The topological polar surface area (TPSA) is 207 Å². The number of nitrogens with one attached hydrogen (secondary N) is 3. The molecule has 0 aliphatic carbocycles. The number of hydrogen-bond acceptors (Lipinski definition) is 17. The minimum Gasteiger partial charge on any atom is -0.466 e. The maximum absolute atomic E-state index is 13.1. The molecule has 1 aromatic rings. The Morgan fingerprint density at radius 3 is 0.613 bits per heavy atom. The number of carbonyl (C=O) groups is 4. The third-order valence-electron chi connectivity index (χ3n) is 20.9. The number of rotatable bonds is 87. The van der Waals surface area contributed by atoms with Gasteiger partial charge in [-0.1, -0.05) is 362 Å². The van der Waals surface area contributed by atoms with Crippen LogP contribution >= 0.6 is 0 Å². The van der Waals surface area contributed by atoms with Crippen molar-refractivity contribution < 1.29 is 43.2 Å². The van der Waals surface area contributed by atoms with Gasteiger partial charge in [-0.25, -0.2) is 0 Å². The fourth-order valence-corrected chi connectivity index (χ4v) is 13.9. The largest absolute Gasteiger partial charge is 0.466 e. The summed E-state index contributed by atoms with van der Waals surface area (Å²) in [6.45, 7) is 15.9. The van der Waals surface area contributed by atoms with E-state index in [2.05, 4.69) is 53.4 Å². The van der Waals surface area contributed by atoms with Crippen LogP contribution in [0.15, 0.2) is 0 Å². The highest BCUT2D eigenvalue weighted by Gasteiger charge is 2.16. The van der Waals surface area contributed by atoms with Crippen LogP contribution in [0.1, 0.15) is 439 Å². The Labute approximate surface area is 653 Å². The van der Waals surface area contributed by atoms with Crippen molar-refractivity contribution in [3.63, 3.8) is 0 Å². The molecular weight excluding hydrogens is 1330 g/mol. The van der Waals surface area contributed by atoms with Gasteiger partial charge in [-0.3, -0.25) is 19.2 Å². The van der Waals surface area contributed by atoms with Crippen LogP contribution in [0, 0.1) is 0 Å². The zero-order chi connectivity index (χ0) is 76.4. The van der Waals surface area contributed by atoms with Gasteiger partial charge in [-0.2, -0.15) is 15.0 Å². The molecule has 1 heterocycles. The molecule has 106 heavy (non-hydrogen) atoms. The van der Waals surface area contributed by atoms with Gasteiger partial charge in [0.25, 0.3) is 0 Å². The zero-order valence-corrected chi connectivity index (χ0v) is 70.1. The highest BCUT2D eigenvalue weighted by molar-refractivity contribution is 5.71. The molecular formula is C89H172N8O9. The first-order valence-electron chi connectivity index (χ1n) is 45.9. The fourth-order valence-electron chi connectivity index (χ4n) is 13.9. The smallest absolute Gasteiger partial charge is 0.307 e. The van der Waals surface area contributed by atoms with Crippen LogP contribution in [-0.4, -0.2) is 146 Å². The molecule has 0 unspecified atom stereocenters. The first-order chi connectivity index (χ1) is 52.2. The van der Waals surface area contributed by atoms with Crippen molar-refractivity contribution in [3.8, 4) is 0 Å². The van der Waals surface area contributed by atoms with Crippen LogP contribution in [-0.2, 0) is 38.1 Å². The van der Waals surface area contributed by atoms with Gasteiger partial charge in [0, 0.05) is 52.4 Å². The number of anilines is 3. The summed E-state index contributed by atoms with van der Waals surface area (Å²) in [5.41, 5.74) is 0. The molecule has 17 nitrogen and oxygen atoms in total. The molecule has 0 aliphatic rings. The third kappa shape index (κ3) is 73.0. The van der Waals surface area contributed by atoms with Gasteiger partial charge < -0.3 is 49.8 Å². The van der Waals surface area contributed by atoms with Crippen molar-refractivity contribution >= 4 is 41.7 Å². The molecule has 0 radical (unpaired) electrons. The van der Waals surface area contributed by atoms with E-state index in [1.807, 2.05) is 0 Å². The van der Waals surface area contributed by atoms with Crippen LogP contribution in [0.25, 0.3) is 0 Å². The molecule has 0 spiro atoms. The molecule has 1 aromatic heterocycles. The molecule has 1 rings (SSSR count). The number of nitrogens with zero attached hydrogens (tertiary/aromatic N) is 5. The Kier molecular flexibility index (Phi) is 77.6. The summed E-state index contributed by atoms with van der Waals surface area (Å²) in [7, 11) is 0. The Morgan fingerprint density at radius 1 is 0.245 bits per heavy atom. The lowest BCUT2D eigenvalue weighted by Crippen LogP contribution is -2.32. The van der Waals surface area contributed by atoms with E-state index in [0.717, 1.165) is 57.8 Å². The van der Waals surface area contributed by atoms with Gasteiger partial charge in [0.15, 0.2) is 0 Å². The number of unbranched alkanes of at least 4 members (excludes halogenated alkanes) is 53. The van der Waals surface area contributed by atoms with Crippen molar-refractivity contribution in [2.45, 2.75) is 439 Å². The van der Waals surface area contributed by atoms with E-state index in [4.69, 9.17) is 33.9 Å². The Morgan fingerprint density at radius 2 is 0.425 bits per heavy atom. The summed E-state index contributed by atoms with van der Waals surface area (Å²) in [5, 5.41) is 19.6. The fraction of sp³-hybridized carbons (Fsp3) is 0.921. The number of esters is 4. The highest BCUT2D eigenvalue weighted by Crippen LogP contribution is 2.19. The lowest BCUT2D eigenvalue weighted by atomic mass is 10.0. The van der Waals surface area contributed by atoms with Crippen molar-refractivity contribution in [2.75, 3.05) is 108 Å². The first kappa shape index (κ1) is 100. The van der Waals surface area contributed by atoms with Crippen molar-refractivity contribution in [3.05, 3.63) is 0 Å².